The van der Waals surface area contributed by atoms with Gasteiger partial charge in [0.15, 0.2) is 0 Å². The van der Waals surface area contributed by atoms with Gasteiger partial charge in [0.25, 0.3) is 0 Å². The summed E-state index contributed by atoms with van der Waals surface area (Å²) in [5.74, 6) is 0. The molecule has 3 rings (SSSR count). The highest BCUT2D eigenvalue weighted by Gasteiger charge is 2.45. The van der Waals surface area contributed by atoms with Crippen LogP contribution >= 0.6 is 0 Å². The van der Waals surface area contributed by atoms with E-state index in [2.05, 4.69) is 72.5 Å². The molecule has 1 nitrogen and oxygen atoms in total. The topological polar surface area (TPSA) is 3.24 Å². The van der Waals surface area contributed by atoms with Crippen molar-refractivity contribution in [2.24, 2.45) is 0 Å². The van der Waals surface area contributed by atoms with Crippen LogP contribution in [0.25, 0.3) is 0 Å². The first-order valence-electron chi connectivity index (χ1n) is 7.65. The summed E-state index contributed by atoms with van der Waals surface area (Å²) in [7, 11) is 0. The van der Waals surface area contributed by atoms with Gasteiger partial charge in [-0.2, -0.15) is 0 Å². The minimum Gasteiger partial charge on any atom is -0.289 e. The molecule has 0 bridgehead atoms. The van der Waals surface area contributed by atoms with Crippen molar-refractivity contribution in [1.82, 2.24) is 4.90 Å². The van der Waals surface area contributed by atoms with Gasteiger partial charge in [-0.15, -0.1) is 0 Å². The van der Waals surface area contributed by atoms with Gasteiger partial charge >= 0.3 is 0 Å². The van der Waals surface area contributed by atoms with E-state index in [-0.39, 0.29) is 0 Å². The summed E-state index contributed by atoms with van der Waals surface area (Å²) in [5, 5.41) is 0. The van der Waals surface area contributed by atoms with E-state index in [1.165, 1.54) is 30.4 Å². The third kappa shape index (κ3) is 2.94. The molecule has 0 spiro atoms. The van der Waals surface area contributed by atoms with E-state index in [9.17, 15) is 0 Å². The minimum atomic E-state index is 0.450. The monoisotopic (exact) mass is 265 g/mol. The fraction of sp³-hybridized carbons (Fsp3) is 0.368. The van der Waals surface area contributed by atoms with Gasteiger partial charge < -0.3 is 0 Å². The van der Waals surface area contributed by atoms with Crippen molar-refractivity contribution >= 4 is 0 Å². The average Bonchev–Trinajstić information content (AvgIpc) is 3.30. The normalized spacial score (nSPS) is 16.3. The Labute approximate surface area is 122 Å². The Morgan fingerprint density at radius 1 is 0.800 bits per heavy atom. The number of rotatable bonds is 6. The van der Waals surface area contributed by atoms with Gasteiger partial charge in [-0.25, -0.2) is 0 Å². The number of benzene rings is 2. The van der Waals surface area contributed by atoms with E-state index in [0.717, 1.165) is 13.1 Å². The fourth-order valence-electron chi connectivity index (χ4n) is 3.04. The van der Waals surface area contributed by atoms with Crippen molar-refractivity contribution in [2.75, 3.05) is 0 Å². The van der Waals surface area contributed by atoms with Crippen molar-refractivity contribution in [2.45, 2.75) is 44.8 Å². The molecule has 2 aromatic rings. The van der Waals surface area contributed by atoms with Crippen LogP contribution in [0.2, 0.25) is 0 Å². The molecule has 0 aromatic heterocycles. The van der Waals surface area contributed by atoms with Crippen molar-refractivity contribution in [3.05, 3.63) is 71.8 Å². The first-order chi connectivity index (χ1) is 9.82. The molecule has 1 aliphatic rings. The van der Waals surface area contributed by atoms with Crippen molar-refractivity contribution in [1.29, 1.82) is 0 Å². The minimum absolute atomic E-state index is 0.450. The van der Waals surface area contributed by atoms with E-state index in [0.29, 0.717) is 5.54 Å². The largest absolute Gasteiger partial charge is 0.289 e. The second-order valence-corrected chi connectivity index (χ2v) is 5.91. The molecule has 1 aliphatic carbocycles. The Bertz CT molecular complexity index is 487. The molecule has 1 fully saturated rings. The van der Waals surface area contributed by atoms with E-state index in [4.69, 9.17) is 0 Å². The molecule has 0 atom stereocenters. The lowest BCUT2D eigenvalue weighted by molar-refractivity contribution is 0.153. The highest BCUT2D eigenvalue weighted by Crippen LogP contribution is 2.46. The summed E-state index contributed by atoms with van der Waals surface area (Å²) in [6.45, 7) is 4.45. The quantitative estimate of drug-likeness (QED) is 0.736. The molecule has 0 saturated heterocycles. The predicted octanol–water partition coefficient (Wildman–Crippen LogP) is 4.63. The molecule has 0 amide bonds. The van der Waals surface area contributed by atoms with Crippen LogP contribution in [0.1, 0.15) is 37.3 Å². The number of nitrogens with zero attached hydrogens (tertiary/aromatic N) is 1. The molecule has 0 unspecified atom stereocenters. The molecule has 104 valence electrons. The summed E-state index contributed by atoms with van der Waals surface area (Å²) in [6, 6.07) is 21.7. The van der Waals surface area contributed by atoms with Gasteiger partial charge in [-0.05, 0) is 30.4 Å². The van der Waals surface area contributed by atoms with Gasteiger partial charge in [-0.1, -0.05) is 67.6 Å². The molecular formula is C19H23N. The zero-order chi connectivity index (χ0) is 13.8. The number of hydrogen-bond acceptors (Lipinski definition) is 1. The third-order valence-corrected chi connectivity index (χ3v) is 4.59. The van der Waals surface area contributed by atoms with Crippen molar-refractivity contribution < 1.29 is 0 Å². The Hall–Kier alpha value is -1.60. The van der Waals surface area contributed by atoms with Gasteiger partial charge in [-0.3, -0.25) is 4.90 Å². The molecule has 1 heteroatoms. The molecule has 2 aromatic carbocycles. The highest BCUT2D eigenvalue weighted by atomic mass is 15.2. The van der Waals surface area contributed by atoms with Gasteiger partial charge in [0.1, 0.15) is 0 Å². The molecule has 0 heterocycles. The predicted molar refractivity (Wildman–Crippen MR) is 84.4 cm³/mol. The lowest BCUT2D eigenvalue weighted by Crippen LogP contribution is -2.35. The maximum Gasteiger partial charge on any atom is 0.0242 e. The van der Waals surface area contributed by atoms with Crippen molar-refractivity contribution in [3.8, 4) is 0 Å². The van der Waals surface area contributed by atoms with E-state index < -0.39 is 0 Å². The van der Waals surface area contributed by atoms with E-state index >= 15 is 0 Å². The summed E-state index contributed by atoms with van der Waals surface area (Å²) >= 11 is 0. The second-order valence-electron chi connectivity index (χ2n) is 5.91. The molecule has 0 N–H and O–H groups in total. The van der Waals surface area contributed by atoms with Crippen LogP contribution in [0.15, 0.2) is 60.7 Å². The summed E-state index contributed by atoms with van der Waals surface area (Å²) in [4.78, 5) is 2.68. The SMILES string of the molecule is CCC1(N(Cc2ccccc2)Cc2ccccc2)CC1. The second kappa shape index (κ2) is 5.80. The summed E-state index contributed by atoms with van der Waals surface area (Å²) in [6.07, 6.45) is 3.96. The maximum absolute atomic E-state index is 2.68. The maximum atomic E-state index is 2.68. The van der Waals surface area contributed by atoms with Crippen LogP contribution in [0.3, 0.4) is 0 Å². The number of hydrogen-bond donors (Lipinski definition) is 0. The van der Waals surface area contributed by atoms with Crippen LogP contribution < -0.4 is 0 Å². The zero-order valence-corrected chi connectivity index (χ0v) is 12.3. The van der Waals surface area contributed by atoms with Gasteiger partial charge in [0, 0.05) is 18.6 Å². The van der Waals surface area contributed by atoms with Crippen molar-refractivity contribution in [3.63, 3.8) is 0 Å². The summed E-state index contributed by atoms with van der Waals surface area (Å²) in [5.41, 5.74) is 3.29. The average molecular weight is 265 g/mol. The van der Waals surface area contributed by atoms with Crippen LogP contribution in [0.5, 0.6) is 0 Å². The summed E-state index contributed by atoms with van der Waals surface area (Å²) < 4.78 is 0. The lowest BCUT2D eigenvalue weighted by atomic mass is 10.1. The Morgan fingerprint density at radius 2 is 1.25 bits per heavy atom. The van der Waals surface area contributed by atoms with Crippen LogP contribution in [0, 0.1) is 0 Å². The van der Waals surface area contributed by atoms with Crippen LogP contribution in [0.4, 0.5) is 0 Å². The van der Waals surface area contributed by atoms with E-state index in [1.54, 1.807) is 0 Å². The molecule has 0 aliphatic heterocycles. The van der Waals surface area contributed by atoms with E-state index in [1.807, 2.05) is 0 Å². The molecule has 0 radical (unpaired) electrons. The first kappa shape index (κ1) is 13.4. The highest BCUT2D eigenvalue weighted by molar-refractivity contribution is 5.19. The fourth-order valence-corrected chi connectivity index (χ4v) is 3.04. The van der Waals surface area contributed by atoms with Gasteiger partial charge in [0.2, 0.25) is 0 Å². The first-order valence-corrected chi connectivity index (χ1v) is 7.65. The van der Waals surface area contributed by atoms with Crippen LogP contribution in [-0.2, 0) is 13.1 Å². The van der Waals surface area contributed by atoms with Crippen LogP contribution in [-0.4, -0.2) is 10.4 Å². The Balaban J connectivity index is 1.78. The lowest BCUT2D eigenvalue weighted by Gasteiger charge is -2.31. The molecule has 1 saturated carbocycles. The van der Waals surface area contributed by atoms with Gasteiger partial charge in [0.05, 0.1) is 0 Å². The molecular weight excluding hydrogens is 242 g/mol. The smallest absolute Gasteiger partial charge is 0.0242 e. The standard InChI is InChI=1S/C19H23N/c1-2-19(13-14-19)20(15-17-9-5-3-6-10-17)16-18-11-7-4-8-12-18/h3-12H,2,13-16H2,1H3. The Kier molecular flexibility index (Phi) is 3.88. The zero-order valence-electron chi connectivity index (χ0n) is 12.3. The Morgan fingerprint density at radius 3 is 1.60 bits per heavy atom. The third-order valence-electron chi connectivity index (χ3n) is 4.59. The molecule has 20 heavy (non-hydrogen) atoms.